The number of ether oxygens (including phenoxy) is 1. The number of likely N-dealkylation sites (tertiary alicyclic amines) is 1. The molecule has 3 rings (SSSR count). The topological polar surface area (TPSA) is 54.5 Å². The van der Waals surface area contributed by atoms with Crippen LogP contribution in [0.15, 0.2) is 47.1 Å². The Balaban J connectivity index is 1.58. The number of hydrogen-bond donors (Lipinski definition) is 1. The van der Waals surface area contributed by atoms with Crippen molar-refractivity contribution in [1.29, 1.82) is 0 Å². The number of carbonyl (C=O) groups is 1. The zero-order chi connectivity index (χ0) is 16.2. The molecule has 1 aliphatic heterocycles. The number of nitrogens with one attached hydrogen (secondary N) is 1. The Kier molecular flexibility index (Phi) is 5.03. The zero-order valence-corrected chi connectivity index (χ0v) is 14.5. The second-order valence-corrected chi connectivity index (χ2v) is 6.44. The second-order valence-electron chi connectivity index (χ2n) is 5.17. The maximum atomic E-state index is 12.3. The zero-order valence-electron chi connectivity index (χ0n) is 12.2. The molecule has 0 spiro atoms. The van der Waals surface area contributed by atoms with Gasteiger partial charge in [-0.05, 0) is 40.2 Å². The fourth-order valence-electron chi connectivity index (χ4n) is 2.38. The maximum absolute atomic E-state index is 12.3. The Morgan fingerprint density at radius 1 is 1.35 bits per heavy atom. The lowest BCUT2D eigenvalue weighted by Crippen LogP contribution is -2.34. The molecule has 1 unspecified atom stereocenters. The van der Waals surface area contributed by atoms with Crippen molar-refractivity contribution < 1.29 is 9.53 Å². The van der Waals surface area contributed by atoms with Gasteiger partial charge in [-0.25, -0.2) is 9.78 Å². The van der Waals surface area contributed by atoms with Crippen LogP contribution in [0.3, 0.4) is 0 Å². The van der Waals surface area contributed by atoms with Crippen molar-refractivity contribution in [2.24, 2.45) is 0 Å². The monoisotopic (exact) mass is 395 g/mol. The predicted octanol–water partition coefficient (Wildman–Crippen LogP) is 4.18. The van der Waals surface area contributed by atoms with Crippen LogP contribution in [0.1, 0.15) is 6.42 Å². The summed E-state index contributed by atoms with van der Waals surface area (Å²) in [4.78, 5) is 18.2. The molecule has 0 radical (unpaired) electrons. The minimum absolute atomic E-state index is 0.0711. The first-order chi connectivity index (χ1) is 11.1. The van der Waals surface area contributed by atoms with Gasteiger partial charge in [0.25, 0.3) is 0 Å². The van der Waals surface area contributed by atoms with Gasteiger partial charge in [-0.15, -0.1) is 0 Å². The Morgan fingerprint density at radius 2 is 2.17 bits per heavy atom. The van der Waals surface area contributed by atoms with Gasteiger partial charge in [0, 0.05) is 19.2 Å². The van der Waals surface area contributed by atoms with E-state index in [-0.39, 0.29) is 12.1 Å². The number of urea groups is 1. The van der Waals surface area contributed by atoms with E-state index in [1.165, 1.54) is 0 Å². The lowest BCUT2D eigenvalue weighted by Gasteiger charge is -2.18. The van der Waals surface area contributed by atoms with Gasteiger partial charge in [-0.3, -0.25) is 0 Å². The number of nitrogens with zero attached hydrogens (tertiary/aromatic N) is 2. The van der Waals surface area contributed by atoms with E-state index in [4.69, 9.17) is 16.3 Å². The van der Waals surface area contributed by atoms with Crippen molar-refractivity contribution in [3.05, 3.63) is 52.1 Å². The van der Waals surface area contributed by atoms with E-state index < -0.39 is 0 Å². The van der Waals surface area contributed by atoms with Gasteiger partial charge in [-0.1, -0.05) is 23.7 Å². The Bertz CT molecular complexity index is 713. The predicted molar refractivity (Wildman–Crippen MR) is 93.0 cm³/mol. The third-order valence-electron chi connectivity index (χ3n) is 3.55. The van der Waals surface area contributed by atoms with Gasteiger partial charge >= 0.3 is 6.03 Å². The molecule has 1 fully saturated rings. The molecule has 2 amide bonds. The number of carbonyl (C=O) groups excluding carboxylic acids is 1. The molecular formula is C16H15BrClN3O2. The van der Waals surface area contributed by atoms with E-state index >= 15 is 0 Å². The number of pyridine rings is 1. The molecule has 2 heterocycles. The number of hydrogen-bond acceptors (Lipinski definition) is 3. The highest BCUT2D eigenvalue weighted by atomic mass is 79.9. The summed E-state index contributed by atoms with van der Waals surface area (Å²) in [6.45, 7) is 1.14. The van der Waals surface area contributed by atoms with Crippen LogP contribution < -0.4 is 10.1 Å². The molecule has 0 aliphatic carbocycles. The summed E-state index contributed by atoms with van der Waals surface area (Å²) in [6.07, 6.45) is 2.37. The SMILES string of the molecule is O=C(Nc1ccccc1Cl)N1CCC(Oc2ncccc2Br)C1. The van der Waals surface area contributed by atoms with Gasteiger partial charge in [-0.2, -0.15) is 0 Å². The lowest BCUT2D eigenvalue weighted by molar-refractivity contribution is 0.189. The fraction of sp³-hybridized carbons (Fsp3) is 0.250. The third kappa shape index (κ3) is 3.95. The highest BCUT2D eigenvalue weighted by molar-refractivity contribution is 9.10. The van der Waals surface area contributed by atoms with Crippen LogP contribution in [0, 0.1) is 0 Å². The summed E-state index contributed by atoms with van der Waals surface area (Å²) in [5.74, 6) is 0.547. The first-order valence-electron chi connectivity index (χ1n) is 7.21. The highest BCUT2D eigenvalue weighted by Gasteiger charge is 2.28. The van der Waals surface area contributed by atoms with Crippen molar-refractivity contribution in [2.45, 2.75) is 12.5 Å². The van der Waals surface area contributed by atoms with Gasteiger partial charge in [0.15, 0.2) is 0 Å². The summed E-state index contributed by atoms with van der Waals surface area (Å²) >= 11 is 9.46. The summed E-state index contributed by atoms with van der Waals surface area (Å²) < 4.78 is 6.66. The lowest BCUT2D eigenvalue weighted by atomic mass is 10.3. The molecule has 1 aromatic heterocycles. The van der Waals surface area contributed by atoms with Crippen molar-refractivity contribution in [3.8, 4) is 5.88 Å². The standard InChI is InChI=1S/C16H15BrClN3O2/c17-12-4-3-8-19-15(12)23-11-7-9-21(10-11)16(22)20-14-6-2-1-5-13(14)18/h1-6,8,11H,7,9-10H2,(H,20,22). The largest absolute Gasteiger partial charge is 0.472 e. The van der Waals surface area contributed by atoms with Crippen LogP contribution in [0.25, 0.3) is 0 Å². The van der Waals surface area contributed by atoms with Crippen LogP contribution in [0.2, 0.25) is 5.02 Å². The number of halogens is 2. The Hall–Kier alpha value is -1.79. The summed E-state index contributed by atoms with van der Waals surface area (Å²) in [6, 6.07) is 10.7. The van der Waals surface area contributed by atoms with Crippen LogP contribution in [-0.2, 0) is 0 Å². The molecule has 7 heteroatoms. The Morgan fingerprint density at radius 3 is 2.96 bits per heavy atom. The quantitative estimate of drug-likeness (QED) is 0.846. The van der Waals surface area contributed by atoms with E-state index in [1.54, 1.807) is 23.2 Å². The average Bonchev–Trinajstić information content (AvgIpc) is 3.01. The molecule has 1 atom stereocenters. The van der Waals surface area contributed by atoms with Crippen LogP contribution >= 0.6 is 27.5 Å². The first kappa shape index (κ1) is 16.1. The molecule has 1 aromatic carbocycles. The maximum Gasteiger partial charge on any atom is 0.322 e. The molecule has 120 valence electrons. The molecule has 0 saturated carbocycles. The third-order valence-corrected chi connectivity index (χ3v) is 4.48. The molecule has 1 saturated heterocycles. The number of para-hydroxylation sites is 1. The molecule has 5 nitrogen and oxygen atoms in total. The number of amides is 2. The van der Waals surface area contributed by atoms with Crippen molar-refractivity contribution in [2.75, 3.05) is 18.4 Å². The molecular weight excluding hydrogens is 382 g/mol. The Labute approximate surface area is 147 Å². The van der Waals surface area contributed by atoms with E-state index in [9.17, 15) is 4.79 Å². The molecule has 1 N–H and O–H groups in total. The second kappa shape index (κ2) is 7.19. The molecule has 2 aromatic rings. The van der Waals surface area contributed by atoms with Crippen LogP contribution in [0.4, 0.5) is 10.5 Å². The normalized spacial score (nSPS) is 17.1. The number of anilines is 1. The fourth-order valence-corrected chi connectivity index (χ4v) is 2.91. The smallest absolute Gasteiger partial charge is 0.322 e. The van der Waals surface area contributed by atoms with E-state index in [0.717, 1.165) is 10.9 Å². The number of rotatable bonds is 3. The van der Waals surface area contributed by atoms with Crippen molar-refractivity contribution >= 4 is 39.2 Å². The van der Waals surface area contributed by atoms with Crippen LogP contribution in [0.5, 0.6) is 5.88 Å². The van der Waals surface area contributed by atoms with E-state index in [2.05, 4.69) is 26.2 Å². The summed E-state index contributed by atoms with van der Waals surface area (Å²) in [5.41, 5.74) is 0.607. The van der Waals surface area contributed by atoms with Gasteiger partial charge in [0.1, 0.15) is 6.10 Å². The number of benzene rings is 1. The van der Waals surface area contributed by atoms with Crippen molar-refractivity contribution in [3.63, 3.8) is 0 Å². The minimum Gasteiger partial charge on any atom is -0.472 e. The van der Waals surface area contributed by atoms with Gasteiger partial charge in [0.2, 0.25) is 5.88 Å². The van der Waals surface area contributed by atoms with Gasteiger partial charge < -0.3 is 15.0 Å². The summed E-state index contributed by atoms with van der Waals surface area (Å²) in [7, 11) is 0. The molecule has 23 heavy (non-hydrogen) atoms. The highest BCUT2D eigenvalue weighted by Crippen LogP contribution is 2.25. The van der Waals surface area contributed by atoms with Crippen molar-refractivity contribution in [1.82, 2.24) is 9.88 Å². The molecule has 0 bridgehead atoms. The van der Waals surface area contributed by atoms with E-state index in [0.29, 0.717) is 29.7 Å². The summed E-state index contributed by atoms with van der Waals surface area (Å²) in [5, 5.41) is 3.34. The average molecular weight is 397 g/mol. The first-order valence-corrected chi connectivity index (χ1v) is 8.38. The van der Waals surface area contributed by atoms with Crippen LogP contribution in [-0.4, -0.2) is 35.1 Å². The minimum atomic E-state index is -0.177. The number of aromatic nitrogens is 1. The molecule has 1 aliphatic rings. The van der Waals surface area contributed by atoms with E-state index in [1.807, 2.05) is 24.3 Å². The van der Waals surface area contributed by atoms with Gasteiger partial charge in [0.05, 0.1) is 21.7 Å².